The van der Waals surface area contributed by atoms with Crippen molar-refractivity contribution in [1.29, 1.82) is 0 Å². The van der Waals surface area contributed by atoms with Gasteiger partial charge in [-0.3, -0.25) is 19.3 Å². The Morgan fingerprint density at radius 1 is 0.875 bits per heavy atom. The number of aryl methyl sites for hydroxylation is 1. The van der Waals surface area contributed by atoms with Gasteiger partial charge in [0.05, 0.1) is 17.9 Å². The van der Waals surface area contributed by atoms with Gasteiger partial charge in [0.15, 0.2) is 0 Å². The van der Waals surface area contributed by atoms with Gasteiger partial charge >= 0.3 is 18.1 Å². The molecule has 4 rings (SSSR count). The Bertz CT molecular complexity index is 1590. The van der Waals surface area contributed by atoms with Gasteiger partial charge in [-0.1, -0.05) is 72.8 Å². The number of fused-ring (bicyclic) bond motifs is 1. The highest BCUT2D eigenvalue weighted by molar-refractivity contribution is 6.09. The van der Waals surface area contributed by atoms with Crippen molar-refractivity contribution in [2.24, 2.45) is 0 Å². The maximum Gasteiger partial charge on any atom is 0.490 e. The van der Waals surface area contributed by atoms with Crippen molar-refractivity contribution in [3.8, 4) is 0 Å². The van der Waals surface area contributed by atoms with Crippen LogP contribution in [0.2, 0.25) is 0 Å². The van der Waals surface area contributed by atoms with Crippen LogP contribution in [0.4, 0.5) is 24.5 Å². The molecule has 3 aromatic carbocycles. The molecule has 1 aliphatic heterocycles. The molecule has 3 amide bonds. The minimum absolute atomic E-state index is 0.0390. The number of nitrogens with one attached hydrogen (secondary N) is 2. The van der Waals surface area contributed by atoms with Crippen molar-refractivity contribution >= 4 is 47.3 Å². The zero-order chi connectivity index (χ0) is 35.3. The maximum atomic E-state index is 13.9. The third-order valence-electron chi connectivity index (χ3n) is 7.07. The second-order valence-electron chi connectivity index (χ2n) is 10.5. The Morgan fingerprint density at radius 2 is 1.42 bits per heavy atom. The van der Waals surface area contributed by atoms with Gasteiger partial charge in [-0.2, -0.15) is 13.2 Å². The summed E-state index contributed by atoms with van der Waals surface area (Å²) in [5.74, 6) is -5.47. The molecule has 0 aromatic heterocycles. The summed E-state index contributed by atoms with van der Waals surface area (Å²) in [6.07, 6.45) is -4.34. The highest BCUT2D eigenvalue weighted by Crippen LogP contribution is 2.33. The van der Waals surface area contributed by atoms with Crippen molar-refractivity contribution in [1.82, 2.24) is 10.6 Å². The van der Waals surface area contributed by atoms with Crippen molar-refractivity contribution < 1.29 is 52.2 Å². The van der Waals surface area contributed by atoms with Crippen LogP contribution < -0.4 is 20.4 Å². The highest BCUT2D eigenvalue weighted by Gasteiger charge is 2.38. The molecule has 15 heteroatoms. The van der Waals surface area contributed by atoms with Crippen LogP contribution in [0, 0.1) is 0 Å². The van der Waals surface area contributed by atoms with E-state index in [-0.39, 0.29) is 18.9 Å². The molecule has 4 N–H and O–H groups in total. The number of hydrogen-bond donors (Lipinski definition) is 4. The third-order valence-corrected chi connectivity index (χ3v) is 7.07. The number of amides is 3. The number of nitrogens with zero attached hydrogens (tertiary/aromatic N) is 2. The van der Waals surface area contributed by atoms with E-state index < -0.39 is 55.0 Å². The van der Waals surface area contributed by atoms with Gasteiger partial charge in [-0.05, 0) is 29.7 Å². The minimum atomic E-state index is -5.08. The van der Waals surface area contributed by atoms with E-state index in [1.165, 1.54) is 4.90 Å². The van der Waals surface area contributed by atoms with Gasteiger partial charge < -0.3 is 30.5 Å². The van der Waals surface area contributed by atoms with Crippen LogP contribution in [-0.4, -0.2) is 77.5 Å². The molecule has 0 fully saturated rings. The van der Waals surface area contributed by atoms with Crippen molar-refractivity contribution in [3.63, 3.8) is 0 Å². The van der Waals surface area contributed by atoms with Crippen LogP contribution in [0.5, 0.6) is 0 Å². The lowest BCUT2D eigenvalue weighted by atomic mass is 10.1. The van der Waals surface area contributed by atoms with Gasteiger partial charge in [0, 0.05) is 19.4 Å². The van der Waals surface area contributed by atoms with Crippen LogP contribution in [0.3, 0.4) is 0 Å². The lowest BCUT2D eigenvalue weighted by Crippen LogP contribution is -2.53. The van der Waals surface area contributed by atoms with E-state index >= 15 is 0 Å². The predicted molar refractivity (Wildman–Crippen MR) is 167 cm³/mol. The number of hydrogen-bond acceptors (Lipinski definition) is 7. The topological polar surface area (TPSA) is 173 Å². The number of carboxylic acid groups (broad SMARTS) is 2. The first-order chi connectivity index (χ1) is 22.8. The Kier molecular flexibility index (Phi) is 13.4. The number of halogens is 3. The molecule has 48 heavy (non-hydrogen) atoms. The van der Waals surface area contributed by atoms with Crippen molar-refractivity contribution in [3.05, 3.63) is 96.1 Å². The maximum absolute atomic E-state index is 13.9. The fourth-order valence-corrected chi connectivity index (χ4v) is 4.71. The second-order valence-corrected chi connectivity index (χ2v) is 10.5. The van der Waals surface area contributed by atoms with E-state index in [4.69, 9.17) is 9.90 Å². The summed E-state index contributed by atoms with van der Waals surface area (Å²) >= 11 is 0. The molecule has 0 saturated carbocycles. The van der Waals surface area contributed by atoms with Gasteiger partial charge in [0.2, 0.25) is 17.7 Å². The van der Waals surface area contributed by atoms with E-state index in [0.717, 1.165) is 11.1 Å². The van der Waals surface area contributed by atoms with Crippen LogP contribution in [0.1, 0.15) is 24.0 Å². The number of carboxylic acids is 2. The first kappa shape index (κ1) is 36.9. The Labute approximate surface area is 273 Å². The number of aldehydes is 1. The van der Waals surface area contributed by atoms with Gasteiger partial charge in [-0.25, -0.2) is 9.59 Å². The summed E-state index contributed by atoms with van der Waals surface area (Å²) in [5, 5.41) is 22.0. The Hall–Kier alpha value is -5.57. The van der Waals surface area contributed by atoms with Crippen molar-refractivity contribution in [2.45, 2.75) is 44.1 Å². The quantitative estimate of drug-likeness (QED) is 0.211. The predicted octanol–water partition coefficient (Wildman–Crippen LogP) is 2.95. The SMILES string of the molecule is O=C(O)C(F)(F)F.O=CCC(NC(=O)CN1C(=O)C(NCc2ccccc2)CN(C(=O)CCc2ccccc2)c2ccccc21)C(=O)O. The summed E-state index contributed by atoms with van der Waals surface area (Å²) in [5.41, 5.74) is 2.78. The molecule has 3 aromatic rings. The molecule has 2 unspecified atom stereocenters. The minimum Gasteiger partial charge on any atom is -0.480 e. The summed E-state index contributed by atoms with van der Waals surface area (Å²) in [7, 11) is 0. The van der Waals surface area contributed by atoms with Crippen LogP contribution in [-0.2, 0) is 41.7 Å². The zero-order valence-electron chi connectivity index (χ0n) is 25.4. The third kappa shape index (κ3) is 10.8. The lowest BCUT2D eigenvalue weighted by molar-refractivity contribution is -0.192. The average Bonchev–Trinajstić information content (AvgIpc) is 3.17. The number of benzene rings is 3. The fraction of sp³-hybridized carbons (Fsp3) is 0.273. The standard InChI is InChI=1S/C31H32N4O6.C2HF3O2/c36-18-17-24(31(40)41)33-28(37)21-35-27-14-8-7-13-26(27)34(29(38)16-15-22-9-3-1-4-10-22)20-25(30(35)39)32-19-23-11-5-2-6-12-23;3-2(4,5)1(6)7/h1-14,18,24-25,32H,15-17,19-21H2,(H,33,37)(H,40,41);(H,6,7). The Balaban J connectivity index is 0.000000804. The number of rotatable bonds is 12. The van der Waals surface area contributed by atoms with E-state index in [2.05, 4.69) is 10.6 Å². The normalized spacial score (nSPS) is 14.8. The van der Waals surface area contributed by atoms with Crippen LogP contribution in [0.15, 0.2) is 84.9 Å². The first-order valence-electron chi connectivity index (χ1n) is 14.6. The molecule has 12 nitrogen and oxygen atoms in total. The van der Waals surface area contributed by atoms with E-state index in [1.54, 1.807) is 29.2 Å². The second kappa shape index (κ2) is 17.4. The van der Waals surface area contributed by atoms with E-state index in [1.807, 2.05) is 60.7 Å². The monoisotopic (exact) mass is 670 g/mol. The van der Waals surface area contributed by atoms with E-state index in [9.17, 15) is 42.3 Å². The number of anilines is 2. The van der Waals surface area contributed by atoms with Gasteiger partial charge in [0.1, 0.15) is 24.9 Å². The highest BCUT2D eigenvalue weighted by atomic mass is 19.4. The molecule has 0 aliphatic carbocycles. The average molecular weight is 671 g/mol. The van der Waals surface area contributed by atoms with Crippen LogP contribution in [0.25, 0.3) is 0 Å². The molecule has 0 spiro atoms. The molecule has 0 bridgehead atoms. The van der Waals surface area contributed by atoms with Gasteiger partial charge in [0.25, 0.3) is 0 Å². The Morgan fingerprint density at radius 3 is 1.96 bits per heavy atom. The first-order valence-corrected chi connectivity index (χ1v) is 14.6. The van der Waals surface area contributed by atoms with Crippen LogP contribution >= 0.6 is 0 Å². The van der Waals surface area contributed by atoms with Crippen molar-refractivity contribution in [2.75, 3.05) is 22.9 Å². The number of para-hydroxylation sites is 2. The van der Waals surface area contributed by atoms with E-state index in [0.29, 0.717) is 30.6 Å². The summed E-state index contributed by atoms with van der Waals surface area (Å²) in [6.45, 7) is -0.106. The number of carbonyl (C=O) groups excluding carboxylic acids is 4. The molecule has 0 saturated heterocycles. The lowest BCUT2D eigenvalue weighted by Gasteiger charge is -2.25. The number of aliphatic carboxylic acids is 2. The molecule has 254 valence electrons. The molecular weight excluding hydrogens is 637 g/mol. The molecule has 1 aliphatic rings. The number of alkyl halides is 3. The summed E-state index contributed by atoms with van der Waals surface area (Å²) in [4.78, 5) is 74.6. The molecule has 0 radical (unpaired) electrons. The zero-order valence-corrected chi connectivity index (χ0v) is 25.4. The smallest absolute Gasteiger partial charge is 0.480 e. The van der Waals surface area contributed by atoms with Gasteiger partial charge in [-0.15, -0.1) is 0 Å². The number of carbonyl (C=O) groups is 6. The molecular formula is C33H33F3N4O8. The molecule has 1 heterocycles. The fourth-order valence-electron chi connectivity index (χ4n) is 4.71. The summed E-state index contributed by atoms with van der Waals surface area (Å²) < 4.78 is 31.7. The largest absolute Gasteiger partial charge is 0.490 e. The summed E-state index contributed by atoms with van der Waals surface area (Å²) in [6, 6.07) is 23.7. The molecule has 2 atom stereocenters.